The van der Waals surface area contributed by atoms with E-state index in [2.05, 4.69) is 83.8 Å². The number of imidazole rings is 2. The summed E-state index contributed by atoms with van der Waals surface area (Å²) in [5.74, 6) is 1.52. The molecule has 1 fully saturated rings. The summed E-state index contributed by atoms with van der Waals surface area (Å²) in [7, 11) is 1.99. The molecule has 1 aliphatic rings. The molecule has 1 N–H and O–H groups in total. The number of piperidine rings is 1. The van der Waals surface area contributed by atoms with Gasteiger partial charge in [-0.15, -0.1) is 0 Å². The molecular formula is C26H34N8. The summed E-state index contributed by atoms with van der Waals surface area (Å²) in [4.78, 5) is 21.0. The first kappa shape index (κ1) is 22.4. The fourth-order valence-corrected chi connectivity index (χ4v) is 4.81. The average Bonchev–Trinajstić information content (AvgIpc) is 3.45. The lowest BCUT2D eigenvalue weighted by Gasteiger charge is -2.38. The second-order valence-electron chi connectivity index (χ2n) is 10.5. The quantitative estimate of drug-likeness (QED) is 0.456. The van der Waals surface area contributed by atoms with E-state index in [0.29, 0.717) is 17.7 Å². The van der Waals surface area contributed by atoms with Crippen molar-refractivity contribution >= 4 is 28.6 Å². The standard InChI is InChI=1S/C26H34N8/c1-17-7-8-19(26(3,4)5)14-21(17)29-24-22-23(28-16-32(22)6)30-25(31-24)34-11-9-20(13-18(34)2)33-12-10-27-15-33/h7-8,10,12,14-16,18,20H,9,11,13H2,1-6H3,(H,29,30,31). The topological polar surface area (TPSA) is 76.7 Å². The maximum atomic E-state index is 5.05. The predicted molar refractivity (Wildman–Crippen MR) is 137 cm³/mol. The number of benzene rings is 1. The van der Waals surface area contributed by atoms with Crippen LogP contribution in [0, 0.1) is 6.92 Å². The van der Waals surface area contributed by atoms with Gasteiger partial charge >= 0.3 is 0 Å². The van der Waals surface area contributed by atoms with Crippen molar-refractivity contribution < 1.29 is 0 Å². The van der Waals surface area contributed by atoms with E-state index < -0.39 is 0 Å². The molecule has 0 radical (unpaired) electrons. The van der Waals surface area contributed by atoms with Crippen LogP contribution in [0.15, 0.2) is 43.2 Å². The van der Waals surface area contributed by atoms with Crippen LogP contribution in [0.1, 0.15) is 57.7 Å². The van der Waals surface area contributed by atoms with Crippen molar-refractivity contribution in [1.29, 1.82) is 0 Å². The van der Waals surface area contributed by atoms with Gasteiger partial charge in [0.15, 0.2) is 11.5 Å². The summed E-state index contributed by atoms with van der Waals surface area (Å²) in [6, 6.07) is 7.37. The lowest BCUT2D eigenvalue weighted by molar-refractivity contribution is 0.345. The fraction of sp³-hybridized carbons (Fsp3) is 0.462. The smallest absolute Gasteiger partial charge is 0.229 e. The fourth-order valence-electron chi connectivity index (χ4n) is 4.81. The molecule has 2 unspecified atom stereocenters. The highest BCUT2D eigenvalue weighted by atomic mass is 15.3. The normalized spacial score (nSPS) is 19.1. The van der Waals surface area contributed by atoms with E-state index in [4.69, 9.17) is 9.97 Å². The molecule has 0 bridgehead atoms. The minimum absolute atomic E-state index is 0.0673. The average molecular weight is 459 g/mol. The lowest BCUT2D eigenvalue weighted by atomic mass is 9.86. The van der Waals surface area contributed by atoms with Gasteiger partial charge < -0.3 is 19.4 Å². The summed E-state index contributed by atoms with van der Waals surface area (Å²) in [6.45, 7) is 12.0. The lowest BCUT2D eigenvalue weighted by Crippen LogP contribution is -2.42. The van der Waals surface area contributed by atoms with Crippen LogP contribution in [0.4, 0.5) is 17.5 Å². The summed E-state index contributed by atoms with van der Waals surface area (Å²) in [6.07, 6.45) is 9.68. The zero-order valence-electron chi connectivity index (χ0n) is 20.9. The molecular weight excluding hydrogens is 424 g/mol. The van der Waals surface area contributed by atoms with Gasteiger partial charge in [0.05, 0.1) is 12.7 Å². The van der Waals surface area contributed by atoms with Crippen LogP contribution in [-0.2, 0) is 12.5 Å². The number of anilines is 3. The zero-order chi connectivity index (χ0) is 24.0. The molecule has 0 aliphatic carbocycles. The van der Waals surface area contributed by atoms with Crippen molar-refractivity contribution in [2.75, 3.05) is 16.8 Å². The number of nitrogens with zero attached hydrogens (tertiary/aromatic N) is 7. The molecule has 3 aromatic heterocycles. The van der Waals surface area contributed by atoms with Crippen molar-refractivity contribution in [3.05, 3.63) is 54.4 Å². The molecule has 8 heteroatoms. The molecule has 8 nitrogen and oxygen atoms in total. The molecule has 1 aliphatic heterocycles. The summed E-state index contributed by atoms with van der Waals surface area (Å²) < 4.78 is 4.20. The van der Waals surface area contributed by atoms with Crippen molar-refractivity contribution in [3.63, 3.8) is 0 Å². The molecule has 5 rings (SSSR count). The summed E-state index contributed by atoms with van der Waals surface area (Å²) in [5, 5.41) is 3.63. The van der Waals surface area contributed by atoms with Crippen LogP contribution in [0.5, 0.6) is 0 Å². The number of rotatable bonds is 4. The largest absolute Gasteiger partial charge is 0.338 e. The first-order valence-electron chi connectivity index (χ1n) is 12.0. The van der Waals surface area contributed by atoms with E-state index in [1.54, 1.807) is 6.33 Å². The van der Waals surface area contributed by atoms with Gasteiger partial charge in [-0.05, 0) is 49.3 Å². The number of hydrogen-bond acceptors (Lipinski definition) is 6. The monoisotopic (exact) mass is 458 g/mol. The third kappa shape index (κ3) is 4.13. The van der Waals surface area contributed by atoms with Gasteiger partial charge in [-0.3, -0.25) is 0 Å². The van der Waals surface area contributed by atoms with Gasteiger partial charge in [-0.1, -0.05) is 32.9 Å². The highest BCUT2D eigenvalue weighted by Crippen LogP contribution is 2.33. The van der Waals surface area contributed by atoms with Crippen LogP contribution in [0.2, 0.25) is 0 Å². The Morgan fingerprint density at radius 1 is 1.12 bits per heavy atom. The van der Waals surface area contributed by atoms with Crippen molar-refractivity contribution in [1.82, 2.24) is 29.1 Å². The number of fused-ring (bicyclic) bond motifs is 1. The van der Waals surface area contributed by atoms with E-state index in [0.717, 1.165) is 42.4 Å². The number of nitrogens with one attached hydrogen (secondary N) is 1. The van der Waals surface area contributed by atoms with Gasteiger partial charge in [0.2, 0.25) is 5.95 Å². The maximum absolute atomic E-state index is 5.05. The molecule has 4 heterocycles. The Bertz CT molecular complexity index is 1300. The Morgan fingerprint density at radius 3 is 2.65 bits per heavy atom. The van der Waals surface area contributed by atoms with Crippen LogP contribution in [0.25, 0.3) is 11.2 Å². The highest BCUT2D eigenvalue weighted by molar-refractivity contribution is 5.87. The third-order valence-electron chi connectivity index (χ3n) is 6.97. The molecule has 34 heavy (non-hydrogen) atoms. The van der Waals surface area contributed by atoms with Crippen molar-refractivity contribution in [2.45, 2.75) is 65.0 Å². The molecule has 0 spiro atoms. The van der Waals surface area contributed by atoms with Crippen molar-refractivity contribution in [2.24, 2.45) is 7.05 Å². The van der Waals surface area contributed by atoms with Crippen molar-refractivity contribution in [3.8, 4) is 0 Å². The van der Waals surface area contributed by atoms with E-state index in [-0.39, 0.29) is 5.41 Å². The van der Waals surface area contributed by atoms with Gasteiger partial charge in [-0.2, -0.15) is 9.97 Å². The van der Waals surface area contributed by atoms with Crippen LogP contribution >= 0.6 is 0 Å². The van der Waals surface area contributed by atoms with E-state index >= 15 is 0 Å². The number of aryl methyl sites for hydroxylation is 2. The first-order valence-corrected chi connectivity index (χ1v) is 12.0. The SMILES string of the molecule is Cc1ccc(C(C)(C)C)cc1Nc1nc(N2CCC(n3ccnc3)CC2C)nc2ncn(C)c12. The Kier molecular flexibility index (Phi) is 5.54. The molecule has 4 aromatic rings. The molecule has 0 saturated carbocycles. The molecule has 0 amide bonds. The van der Waals surface area contributed by atoms with Gasteiger partial charge in [0.1, 0.15) is 5.52 Å². The van der Waals surface area contributed by atoms with E-state index in [9.17, 15) is 0 Å². The van der Waals surface area contributed by atoms with Crippen LogP contribution in [-0.4, -0.2) is 41.7 Å². The molecule has 178 valence electrons. The third-order valence-corrected chi connectivity index (χ3v) is 6.97. The van der Waals surface area contributed by atoms with E-state index in [1.807, 2.05) is 24.1 Å². The Morgan fingerprint density at radius 2 is 1.94 bits per heavy atom. The Labute approximate surface area is 201 Å². The second kappa shape index (κ2) is 8.42. The first-order chi connectivity index (χ1) is 16.2. The molecule has 1 saturated heterocycles. The minimum atomic E-state index is 0.0673. The number of hydrogen-bond donors (Lipinski definition) is 1. The Hall–Kier alpha value is -3.42. The zero-order valence-corrected chi connectivity index (χ0v) is 20.9. The van der Waals surface area contributed by atoms with Gasteiger partial charge in [0.25, 0.3) is 0 Å². The number of aromatic nitrogens is 6. The summed E-state index contributed by atoms with van der Waals surface area (Å²) >= 11 is 0. The van der Waals surface area contributed by atoms with Gasteiger partial charge in [-0.25, -0.2) is 9.97 Å². The molecule has 1 aromatic carbocycles. The predicted octanol–water partition coefficient (Wildman–Crippen LogP) is 5.14. The van der Waals surface area contributed by atoms with Crippen LogP contribution < -0.4 is 10.2 Å². The Balaban J connectivity index is 1.50. The molecule has 2 atom stereocenters. The van der Waals surface area contributed by atoms with Crippen LogP contribution in [0.3, 0.4) is 0 Å². The summed E-state index contributed by atoms with van der Waals surface area (Å²) in [5.41, 5.74) is 5.21. The minimum Gasteiger partial charge on any atom is -0.338 e. The second-order valence-corrected chi connectivity index (χ2v) is 10.5. The van der Waals surface area contributed by atoms with Gasteiger partial charge in [0, 0.05) is 43.8 Å². The van der Waals surface area contributed by atoms with E-state index in [1.165, 1.54) is 11.1 Å². The highest BCUT2D eigenvalue weighted by Gasteiger charge is 2.29. The maximum Gasteiger partial charge on any atom is 0.229 e.